The van der Waals surface area contributed by atoms with Crippen molar-refractivity contribution in [2.24, 2.45) is 0 Å². The highest BCUT2D eigenvalue weighted by molar-refractivity contribution is 7.80. The van der Waals surface area contributed by atoms with Crippen molar-refractivity contribution < 1.29 is 32.4 Å². The Labute approximate surface area is 226 Å². The van der Waals surface area contributed by atoms with Crippen LogP contribution < -0.4 is 10.1 Å². The van der Waals surface area contributed by atoms with E-state index < -0.39 is 20.0 Å². The molecule has 2 aliphatic rings. The molecule has 10 nitrogen and oxygen atoms in total. The minimum atomic E-state index is -4.76. The van der Waals surface area contributed by atoms with Crippen LogP contribution in [0, 0.1) is 0 Å². The number of halogens is 2. The van der Waals surface area contributed by atoms with Crippen molar-refractivity contribution in [3.63, 3.8) is 0 Å². The molecule has 0 amide bonds. The normalized spacial score (nSPS) is 18.6. The highest BCUT2D eigenvalue weighted by Crippen LogP contribution is 2.48. The van der Waals surface area contributed by atoms with Crippen molar-refractivity contribution in [1.82, 2.24) is 24.8 Å². The second kappa shape index (κ2) is 9.10. The molecule has 2 atom stereocenters. The molecule has 0 saturated carbocycles. The van der Waals surface area contributed by atoms with E-state index in [2.05, 4.69) is 15.3 Å². The minimum Gasteiger partial charge on any atom is -0.434 e. The number of hydrogen-bond acceptors (Lipinski definition) is 7. The molecule has 2 bridgehead atoms. The average Bonchev–Trinajstić information content (AvgIpc) is 3.34. The third-order valence-corrected chi connectivity index (χ3v) is 7.87. The molecule has 39 heavy (non-hydrogen) atoms. The molecule has 2 aromatic heterocycles. The van der Waals surface area contributed by atoms with Crippen LogP contribution in [-0.2, 0) is 14.7 Å². The Hall–Kier alpha value is -3.35. The van der Waals surface area contributed by atoms with Crippen LogP contribution in [0.25, 0.3) is 22.2 Å². The largest absolute Gasteiger partial charge is 0.470 e. The van der Waals surface area contributed by atoms with Crippen LogP contribution >= 0.6 is 20.0 Å². The fraction of sp³-hybridized carbons (Fsp3) is 0.280. The fourth-order valence-corrected chi connectivity index (χ4v) is 6.31. The van der Waals surface area contributed by atoms with Gasteiger partial charge in [0.05, 0.1) is 23.1 Å². The predicted octanol–water partition coefficient (Wildman–Crippen LogP) is 4.75. The summed E-state index contributed by atoms with van der Waals surface area (Å²) in [4.78, 5) is 32.2. The van der Waals surface area contributed by atoms with E-state index in [0.29, 0.717) is 28.1 Å². The minimum absolute atomic E-state index is 0.0762. The summed E-state index contributed by atoms with van der Waals surface area (Å²) in [5, 5.41) is 3.32. The third kappa shape index (κ3) is 4.60. The number of alkyl halides is 2. The molecule has 4 aromatic rings. The zero-order valence-corrected chi connectivity index (χ0v) is 22.3. The SMILES string of the molecule is CC(C)(OP(=O)(O)O)c1ncc(-c2ccc3nc4n(c3c2)C2C[C@H]4NC(=S)c3cccc(OC(F)F)c32)cn1. The van der Waals surface area contributed by atoms with E-state index in [4.69, 9.17) is 26.5 Å². The lowest BCUT2D eigenvalue weighted by molar-refractivity contribution is -0.0506. The molecule has 0 radical (unpaired) electrons. The molecule has 2 aliphatic heterocycles. The molecule has 202 valence electrons. The third-order valence-electron chi connectivity index (χ3n) is 6.84. The second-order valence-corrected chi connectivity index (χ2v) is 11.4. The number of fused-ring (bicyclic) bond motifs is 9. The number of nitrogens with zero attached hydrogens (tertiary/aromatic N) is 4. The van der Waals surface area contributed by atoms with Crippen molar-refractivity contribution in [3.05, 3.63) is 71.6 Å². The van der Waals surface area contributed by atoms with Crippen molar-refractivity contribution in [3.8, 4) is 16.9 Å². The molecule has 14 heteroatoms. The number of ether oxygens (including phenoxy) is 1. The Morgan fingerprint density at radius 3 is 2.62 bits per heavy atom. The van der Waals surface area contributed by atoms with Gasteiger partial charge in [0.1, 0.15) is 22.2 Å². The van der Waals surface area contributed by atoms with Crippen LogP contribution in [0.15, 0.2) is 48.8 Å². The van der Waals surface area contributed by atoms with Gasteiger partial charge in [0, 0.05) is 29.1 Å². The monoisotopic (exact) mass is 573 g/mol. The van der Waals surface area contributed by atoms with E-state index in [1.807, 2.05) is 22.8 Å². The maximum Gasteiger partial charge on any atom is 0.470 e. The lowest BCUT2D eigenvalue weighted by atomic mass is 9.97. The number of nitrogens with one attached hydrogen (secondary N) is 1. The molecule has 3 N–H and O–H groups in total. The van der Waals surface area contributed by atoms with Crippen molar-refractivity contribution in [1.29, 1.82) is 0 Å². The molecule has 0 aliphatic carbocycles. The van der Waals surface area contributed by atoms with Gasteiger partial charge in [-0.3, -0.25) is 4.52 Å². The van der Waals surface area contributed by atoms with E-state index in [1.165, 1.54) is 19.9 Å². The second-order valence-electron chi connectivity index (χ2n) is 9.80. The fourth-order valence-electron chi connectivity index (χ4n) is 5.32. The number of aromatic nitrogens is 4. The van der Waals surface area contributed by atoms with Crippen LogP contribution in [0.4, 0.5) is 8.78 Å². The molecule has 4 heterocycles. The molecule has 2 aromatic carbocycles. The summed E-state index contributed by atoms with van der Waals surface area (Å²) >= 11 is 5.59. The Bertz CT molecular complexity index is 1670. The summed E-state index contributed by atoms with van der Waals surface area (Å²) in [5.74, 6) is 0.929. The molecule has 0 saturated heterocycles. The van der Waals surface area contributed by atoms with Crippen molar-refractivity contribution >= 4 is 36.1 Å². The van der Waals surface area contributed by atoms with Gasteiger partial charge in [0.25, 0.3) is 0 Å². The van der Waals surface area contributed by atoms with Crippen LogP contribution in [0.2, 0.25) is 0 Å². The molecular weight excluding hydrogens is 551 g/mol. The average molecular weight is 574 g/mol. The highest BCUT2D eigenvalue weighted by atomic mass is 32.1. The molecular formula is C25H22F2N5O5PS. The lowest BCUT2D eigenvalue weighted by Gasteiger charge is -2.23. The van der Waals surface area contributed by atoms with Gasteiger partial charge in [-0.15, -0.1) is 0 Å². The Morgan fingerprint density at radius 2 is 1.92 bits per heavy atom. The van der Waals surface area contributed by atoms with Gasteiger partial charge >= 0.3 is 14.4 Å². The number of rotatable bonds is 6. The topological polar surface area (TPSA) is 132 Å². The predicted molar refractivity (Wildman–Crippen MR) is 140 cm³/mol. The quantitative estimate of drug-likeness (QED) is 0.219. The van der Waals surface area contributed by atoms with Gasteiger partial charge in [0.15, 0.2) is 5.82 Å². The summed E-state index contributed by atoms with van der Waals surface area (Å²) in [5.41, 5.74) is 2.75. The molecule has 0 fully saturated rings. The van der Waals surface area contributed by atoms with Gasteiger partial charge in [-0.25, -0.2) is 19.5 Å². The summed E-state index contributed by atoms with van der Waals surface area (Å²) in [6, 6.07) is 10.1. The first-order chi connectivity index (χ1) is 18.4. The van der Waals surface area contributed by atoms with Gasteiger partial charge in [-0.2, -0.15) is 8.78 Å². The maximum absolute atomic E-state index is 13.3. The number of thiocarbonyl (C=S) groups is 1. The molecule has 6 rings (SSSR count). The number of benzene rings is 2. The lowest BCUT2D eigenvalue weighted by Crippen LogP contribution is -2.27. The van der Waals surface area contributed by atoms with Gasteiger partial charge in [-0.05, 0) is 44.0 Å². The van der Waals surface area contributed by atoms with E-state index >= 15 is 0 Å². The first kappa shape index (κ1) is 25.9. The summed E-state index contributed by atoms with van der Waals surface area (Å²) < 4.78 is 49.7. The highest BCUT2D eigenvalue weighted by Gasteiger charge is 2.41. The zero-order valence-electron chi connectivity index (χ0n) is 20.6. The summed E-state index contributed by atoms with van der Waals surface area (Å²) in [6.07, 6.45) is 3.65. The van der Waals surface area contributed by atoms with E-state index in [9.17, 15) is 23.1 Å². The van der Waals surface area contributed by atoms with Gasteiger partial charge in [0.2, 0.25) is 0 Å². The number of imidazole rings is 1. The summed E-state index contributed by atoms with van der Waals surface area (Å²) in [7, 11) is -4.76. The van der Waals surface area contributed by atoms with Crippen LogP contribution in [0.5, 0.6) is 5.75 Å². The van der Waals surface area contributed by atoms with Gasteiger partial charge in [-0.1, -0.05) is 30.4 Å². The van der Waals surface area contributed by atoms with E-state index in [0.717, 1.165) is 22.4 Å². The Kier molecular flexibility index (Phi) is 6.05. The van der Waals surface area contributed by atoms with E-state index in [1.54, 1.807) is 24.5 Å². The maximum atomic E-state index is 13.3. The Morgan fingerprint density at radius 1 is 1.18 bits per heavy atom. The first-order valence-corrected chi connectivity index (χ1v) is 13.8. The zero-order chi connectivity index (χ0) is 27.7. The van der Waals surface area contributed by atoms with Crippen LogP contribution in [0.1, 0.15) is 55.1 Å². The van der Waals surface area contributed by atoms with Crippen LogP contribution in [-0.4, -0.2) is 40.9 Å². The number of hydrogen-bond donors (Lipinski definition) is 3. The summed E-state index contributed by atoms with van der Waals surface area (Å²) in [6.45, 7) is -0.0520. The molecule has 0 spiro atoms. The smallest absolute Gasteiger partial charge is 0.434 e. The van der Waals surface area contributed by atoms with E-state index in [-0.39, 0.29) is 23.7 Å². The number of phosphoric acid groups is 1. The van der Waals surface area contributed by atoms with Crippen LogP contribution in [0.3, 0.4) is 0 Å². The van der Waals surface area contributed by atoms with Gasteiger partial charge < -0.3 is 24.4 Å². The van der Waals surface area contributed by atoms with Crippen molar-refractivity contribution in [2.45, 2.75) is 44.6 Å². The first-order valence-electron chi connectivity index (χ1n) is 11.9. The molecule has 1 unspecified atom stereocenters. The van der Waals surface area contributed by atoms with Crippen molar-refractivity contribution in [2.75, 3.05) is 0 Å². The number of phosphoric ester groups is 1. The Balaban J connectivity index is 1.43. The standard InChI is InChI=1S/C25H22F2N5O5PS/c1-25(2,37-38(33,34)35)23-28-10-13(11-29-23)12-6-7-15-17(8-12)32-18-9-16(21(32)30-15)31-22(39)14-4-3-5-19(20(14)18)36-24(26)27/h3-8,10-11,16,18,24H,9H2,1-2H3,(H,31,39)(H2,33,34,35)/t16-,18?/m1/s1.